The molecule has 1 fully saturated rings. The molecule has 0 spiro atoms. The van der Waals surface area contributed by atoms with E-state index in [1.54, 1.807) is 6.07 Å². The molecule has 1 saturated heterocycles. The van der Waals surface area contributed by atoms with E-state index in [0.717, 1.165) is 10.0 Å². The van der Waals surface area contributed by atoms with E-state index in [0.29, 0.717) is 18.0 Å². The van der Waals surface area contributed by atoms with Crippen molar-refractivity contribution in [1.82, 2.24) is 5.32 Å². The molecule has 1 amide bonds. The minimum Gasteiger partial charge on any atom is -0.352 e. The summed E-state index contributed by atoms with van der Waals surface area (Å²) in [4.78, 5) is 11.9. The van der Waals surface area contributed by atoms with E-state index in [-0.39, 0.29) is 17.4 Å². The second-order valence-electron chi connectivity index (χ2n) is 4.55. The average Bonchev–Trinajstić information content (AvgIpc) is 2.68. The number of benzene rings is 1. The minimum absolute atomic E-state index is 0.0487. The summed E-state index contributed by atoms with van der Waals surface area (Å²) in [6.07, 6.45) is 0.405. The molecule has 0 radical (unpaired) electrons. The zero-order chi connectivity index (χ0) is 14.0. The molecule has 19 heavy (non-hydrogen) atoms. The Morgan fingerprint density at radius 2 is 2.21 bits per heavy atom. The number of nitrogens with one attached hydrogen (secondary N) is 1. The lowest BCUT2D eigenvalue weighted by molar-refractivity contribution is -0.124. The lowest BCUT2D eigenvalue weighted by Gasteiger charge is -2.10. The Balaban J connectivity index is 1.94. The zero-order valence-corrected chi connectivity index (χ0v) is 13.2. The van der Waals surface area contributed by atoms with E-state index in [9.17, 15) is 13.2 Å². The number of hydrogen-bond acceptors (Lipinski definition) is 3. The molecule has 1 unspecified atom stereocenters. The topological polar surface area (TPSA) is 63.2 Å². The van der Waals surface area contributed by atoms with Gasteiger partial charge in [0.2, 0.25) is 5.91 Å². The van der Waals surface area contributed by atoms with Crippen LogP contribution in [0.2, 0.25) is 5.02 Å². The van der Waals surface area contributed by atoms with E-state index in [2.05, 4.69) is 21.2 Å². The molecule has 0 aliphatic carbocycles. The van der Waals surface area contributed by atoms with Gasteiger partial charge in [0, 0.05) is 16.0 Å². The molecule has 104 valence electrons. The molecule has 1 aliphatic heterocycles. The molecule has 0 saturated carbocycles. The standard InChI is InChI=1S/C12H13BrClNO3S/c13-10-2-1-8(11(14)5-10)6-15-12(16)9-3-4-19(17,18)7-9/h1-2,5,9H,3-4,6-7H2,(H,15,16). The number of amides is 1. The van der Waals surface area contributed by atoms with E-state index in [1.165, 1.54) is 0 Å². The van der Waals surface area contributed by atoms with Crippen molar-refractivity contribution in [2.24, 2.45) is 5.92 Å². The summed E-state index contributed by atoms with van der Waals surface area (Å²) in [5.74, 6) is -0.601. The second-order valence-corrected chi connectivity index (χ2v) is 8.11. The Bertz CT molecular complexity index is 603. The predicted octanol–water partition coefficient (Wildman–Crippen LogP) is 2.15. The van der Waals surface area contributed by atoms with Gasteiger partial charge in [-0.1, -0.05) is 33.6 Å². The van der Waals surface area contributed by atoms with Gasteiger partial charge >= 0.3 is 0 Å². The molecule has 1 heterocycles. The van der Waals surface area contributed by atoms with Gasteiger partial charge in [0.15, 0.2) is 9.84 Å². The van der Waals surface area contributed by atoms with Crippen molar-refractivity contribution in [2.45, 2.75) is 13.0 Å². The number of sulfone groups is 1. The van der Waals surface area contributed by atoms with Gasteiger partial charge in [-0.05, 0) is 24.1 Å². The molecule has 7 heteroatoms. The molecular formula is C12H13BrClNO3S. The monoisotopic (exact) mass is 365 g/mol. The van der Waals surface area contributed by atoms with Crippen molar-refractivity contribution in [3.05, 3.63) is 33.3 Å². The summed E-state index contributed by atoms with van der Waals surface area (Å²) < 4.78 is 23.5. The molecule has 1 N–H and O–H groups in total. The average molecular weight is 367 g/mol. The van der Waals surface area contributed by atoms with Crippen LogP contribution in [0.1, 0.15) is 12.0 Å². The number of hydrogen-bond donors (Lipinski definition) is 1. The third-order valence-corrected chi connectivity index (χ3v) is 5.68. The zero-order valence-electron chi connectivity index (χ0n) is 10.0. The van der Waals surface area contributed by atoms with Gasteiger partial charge in [-0.3, -0.25) is 4.79 Å². The van der Waals surface area contributed by atoms with Gasteiger partial charge in [-0.2, -0.15) is 0 Å². The van der Waals surface area contributed by atoms with Crippen LogP contribution < -0.4 is 5.32 Å². The van der Waals surface area contributed by atoms with Crippen LogP contribution in [0.4, 0.5) is 0 Å². The highest BCUT2D eigenvalue weighted by Crippen LogP contribution is 2.22. The van der Waals surface area contributed by atoms with E-state index in [1.807, 2.05) is 12.1 Å². The third kappa shape index (κ3) is 3.94. The Labute approximate surface area is 125 Å². The fraction of sp³-hybridized carbons (Fsp3) is 0.417. The summed E-state index contributed by atoms with van der Waals surface area (Å²) in [5, 5.41) is 3.30. The van der Waals surface area contributed by atoms with Crippen LogP contribution in [-0.4, -0.2) is 25.8 Å². The van der Waals surface area contributed by atoms with Crippen LogP contribution >= 0.6 is 27.5 Å². The largest absolute Gasteiger partial charge is 0.352 e. The Hall–Kier alpha value is -0.590. The highest BCUT2D eigenvalue weighted by atomic mass is 79.9. The summed E-state index contributed by atoms with van der Waals surface area (Å²) in [6.45, 7) is 0.307. The van der Waals surface area contributed by atoms with Crippen molar-refractivity contribution >= 4 is 43.3 Å². The normalized spacial score (nSPS) is 21.3. The number of halogens is 2. The lowest BCUT2D eigenvalue weighted by atomic mass is 10.1. The fourth-order valence-corrected chi connectivity index (χ4v) is 4.48. The van der Waals surface area contributed by atoms with Gasteiger partial charge in [0.25, 0.3) is 0 Å². The van der Waals surface area contributed by atoms with Gasteiger partial charge in [0.1, 0.15) is 0 Å². The maximum Gasteiger partial charge on any atom is 0.224 e. The number of rotatable bonds is 3. The van der Waals surface area contributed by atoms with Crippen molar-refractivity contribution < 1.29 is 13.2 Å². The molecule has 1 atom stereocenters. The first-order valence-corrected chi connectivity index (χ1v) is 8.79. The van der Waals surface area contributed by atoms with Crippen molar-refractivity contribution in [1.29, 1.82) is 0 Å². The fourth-order valence-electron chi connectivity index (χ4n) is 1.99. The molecule has 1 aliphatic rings. The molecule has 0 aromatic heterocycles. The first-order valence-electron chi connectivity index (χ1n) is 5.79. The van der Waals surface area contributed by atoms with Crippen molar-refractivity contribution in [2.75, 3.05) is 11.5 Å². The van der Waals surface area contributed by atoms with Crippen LogP contribution in [0.5, 0.6) is 0 Å². The Morgan fingerprint density at radius 3 is 2.79 bits per heavy atom. The first-order chi connectivity index (χ1) is 8.87. The summed E-state index contributed by atoms with van der Waals surface area (Å²) in [5.41, 5.74) is 0.805. The molecule has 4 nitrogen and oxygen atoms in total. The molecule has 0 bridgehead atoms. The van der Waals surface area contributed by atoms with Gasteiger partial charge < -0.3 is 5.32 Å². The summed E-state index contributed by atoms with van der Waals surface area (Å²) in [7, 11) is -3.03. The lowest BCUT2D eigenvalue weighted by Crippen LogP contribution is -2.31. The highest BCUT2D eigenvalue weighted by Gasteiger charge is 2.32. The van der Waals surface area contributed by atoms with Crippen LogP contribution in [0, 0.1) is 5.92 Å². The van der Waals surface area contributed by atoms with Crippen molar-refractivity contribution in [3.63, 3.8) is 0 Å². The van der Waals surface area contributed by atoms with Gasteiger partial charge in [-0.25, -0.2) is 8.42 Å². The van der Waals surface area contributed by atoms with E-state index in [4.69, 9.17) is 11.6 Å². The van der Waals surface area contributed by atoms with Crippen LogP contribution in [-0.2, 0) is 21.2 Å². The van der Waals surface area contributed by atoms with Gasteiger partial charge in [-0.15, -0.1) is 0 Å². The maximum atomic E-state index is 11.9. The smallest absolute Gasteiger partial charge is 0.224 e. The number of carbonyl (C=O) groups excluding carboxylic acids is 1. The van der Waals surface area contributed by atoms with Gasteiger partial charge in [0.05, 0.1) is 17.4 Å². The Morgan fingerprint density at radius 1 is 1.47 bits per heavy atom. The van der Waals surface area contributed by atoms with Crippen LogP contribution in [0.25, 0.3) is 0 Å². The Kier molecular flexibility index (Phi) is 4.53. The summed E-state index contributed by atoms with van der Waals surface area (Å²) >= 11 is 9.34. The predicted molar refractivity (Wildman–Crippen MR) is 77.8 cm³/mol. The van der Waals surface area contributed by atoms with E-state index < -0.39 is 15.8 Å². The van der Waals surface area contributed by atoms with Crippen LogP contribution in [0.3, 0.4) is 0 Å². The SMILES string of the molecule is O=C(NCc1ccc(Br)cc1Cl)C1CCS(=O)(=O)C1. The minimum atomic E-state index is -3.03. The maximum absolute atomic E-state index is 11.9. The highest BCUT2D eigenvalue weighted by molar-refractivity contribution is 9.10. The van der Waals surface area contributed by atoms with Crippen molar-refractivity contribution in [3.8, 4) is 0 Å². The third-order valence-electron chi connectivity index (χ3n) is 3.07. The molecule has 2 rings (SSSR count). The van der Waals surface area contributed by atoms with Crippen LogP contribution in [0.15, 0.2) is 22.7 Å². The molecule has 1 aromatic rings. The second kappa shape index (κ2) is 5.81. The molecular weight excluding hydrogens is 354 g/mol. The summed E-state index contributed by atoms with van der Waals surface area (Å²) in [6, 6.07) is 5.41. The number of carbonyl (C=O) groups is 1. The molecule has 1 aromatic carbocycles. The first kappa shape index (κ1) is 14.8. The quantitative estimate of drug-likeness (QED) is 0.891. The van der Waals surface area contributed by atoms with E-state index >= 15 is 0 Å².